The minimum absolute atomic E-state index is 0.000179. The molecule has 1 aromatic heterocycles. The van der Waals surface area contributed by atoms with Gasteiger partial charge in [0.15, 0.2) is 5.78 Å². The number of aryl methyl sites for hydroxylation is 1. The number of pyridine rings is 1. The first-order valence-electron chi connectivity index (χ1n) is 12.4. The Bertz CT molecular complexity index is 1730. The molecule has 0 fully saturated rings. The summed E-state index contributed by atoms with van der Waals surface area (Å²) in [6.45, 7) is 1.46. The number of nitrogens with zero attached hydrogens (tertiary/aromatic N) is 2. The molecule has 5 rings (SSSR count). The number of ketones is 1. The van der Waals surface area contributed by atoms with Crippen LogP contribution in [0.25, 0.3) is 6.08 Å². The van der Waals surface area contributed by atoms with Crippen molar-refractivity contribution in [1.29, 1.82) is 5.26 Å². The van der Waals surface area contributed by atoms with Gasteiger partial charge in [0, 0.05) is 26.7 Å². The normalized spacial score (nSPS) is 12.3. The van der Waals surface area contributed by atoms with E-state index in [4.69, 9.17) is 4.74 Å². The molecular formula is C31H22F3N3O2S2. The molecule has 0 saturated carbocycles. The third-order valence-corrected chi connectivity index (χ3v) is 8.50. The van der Waals surface area contributed by atoms with Crippen LogP contribution in [-0.4, -0.2) is 17.9 Å². The van der Waals surface area contributed by atoms with E-state index < -0.39 is 11.9 Å². The van der Waals surface area contributed by atoms with Crippen LogP contribution in [0.2, 0.25) is 0 Å². The zero-order chi connectivity index (χ0) is 29.1. The van der Waals surface area contributed by atoms with E-state index in [0.717, 1.165) is 39.0 Å². The molecule has 0 spiro atoms. The number of methoxy groups -OCH3 is 1. The first-order chi connectivity index (χ1) is 19.7. The molecule has 0 saturated heterocycles. The maximum Gasteiger partial charge on any atom is 0.433 e. The number of benzene rings is 3. The SMILES string of the molecule is COc1ccc(/C=C/C(=O)c2ccc3c(c2)Nc2ccccc2S3)cc1CSc1nc(C(F)(F)F)cc(C)c1C#N. The lowest BCUT2D eigenvalue weighted by Crippen LogP contribution is -2.10. The second-order valence-corrected chi connectivity index (χ2v) is 11.2. The van der Waals surface area contributed by atoms with Gasteiger partial charge < -0.3 is 10.1 Å². The summed E-state index contributed by atoms with van der Waals surface area (Å²) in [6.07, 6.45) is -1.46. The fraction of sp³-hybridized carbons (Fsp3) is 0.129. The molecule has 1 N–H and O–H groups in total. The van der Waals surface area contributed by atoms with Crippen molar-refractivity contribution in [1.82, 2.24) is 4.98 Å². The highest BCUT2D eigenvalue weighted by atomic mass is 32.2. The fourth-order valence-corrected chi connectivity index (χ4v) is 6.25. The number of aromatic nitrogens is 1. The first-order valence-corrected chi connectivity index (χ1v) is 14.2. The average Bonchev–Trinajstić information content (AvgIpc) is 2.96. The monoisotopic (exact) mass is 589 g/mol. The molecule has 1 aliphatic rings. The Balaban J connectivity index is 1.34. The molecular weight excluding hydrogens is 567 g/mol. The van der Waals surface area contributed by atoms with Gasteiger partial charge in [0.1, 0.15) is 22.5 Å². The standard InChI is InChI=1S/C31H22F3N3O2S2/c1-18-13-29(31(32,33)34)37-30(22(18)16-35)40-17-21-14-19(8-11-26(21)39-2)7-10-25(38)20-9-12-28-24(15-20)36-23-5-3-4-6-27(23)41-28/h3-15,36H,17H2,1-2H3/b10-7+. The molecule has 5 nitrogen and oxygen atoms in total. The molecule has 0 aliphatic carbocycles. The lowest BCUT2D eigenvalue weighted by Gasteiger charge is -2.20. The Morgan fingerprint density at radius 2 is 1.88 bits per heavy atom. The number of anilines is 2. The third-order valence-electron chi connectivity index (χ3n) is 6.32. The number of rotatable bonds is 7. The molecule has 0 atom stereocenters. The quantitative estimate of drug-likeness (QED) is 0.116. The summed E-state index contributed by atoms with van der Waals surface area (Å²) < 4.78 is 45.4. The van der Waals surface area contributed by atoms with E-state index in [1.165, 1.54) is 20.1 Å². The molecule has 3 aromatic carbocycles. The van der Waals surface area contributed by atoms with Crippen LogP contribution in [0.5, 0.6) is 5.75 Å². The van der Waals surface area contributed by atoms with Crippen LogP contribution in [0.4, 0.5) is 24.5 Å². The van der Waals surface area contributed by atoms with Crippen LogP contribution in [0, 0.1) is 18.3 Å². The summed E-state index contributed by atoms with van der Waals surface area (Å²) in [5.74, 6) is 0.561. The number of nitriles is 1. The molecule has 0 bridgehead atoms. The van der Waals surface area contributed by atoms with Gasteiger partial charge >= 0.3 is 6.18 Å². The lowest BCUT2D eigenvalue weighted by atomic mass is 10.1. The van der Waals surface area contributed by atoms with Crippen LogP contribution in [-0.2, 0) is 11.9 Å². The Morgan fingerprint density at radius 3 is 2.63 bits per heavy atom. The van der Waals surface area contributed by atoms with Crippen molar-refractivity contribution < 1.29 is 22.7 Å². The molecule has 206 valence electrons. The van der Waals surface area contributed by atoms with Gasteiger partial charge in [0.05, 0.1) is 24.0 Å². The van der Waals surface area contributed by atoms with Crippen molar-refractivity contribution in [2.24, 2.45) is 0 Å². The van der Waals surface area contributed by atoms with Gasteiger partial charge in [-0.3, -0.25) is 4.79 Å². The maximum atomic E-state index is 13.3. The topological polar surface area (TPSA) is 75.0 Å². The van der Waals surface area contributed by atoms with E-state index in [-0.39, 0.29) is 27.7 Å². The number of hydrogen-bond acceptors (Lipinski definition) is 7. The number of carbonyl (C=O) groups excluding carboxylic acids is 1. The van der Waals surface area contributed by atoms with Crippen molar-refractivity contribution in [3.8, 4) is 11.8 Å². The van der Waals surface area contributed by atoms with E-state index in [1.54, 1.807) is 42.1 Å². The zero-order valence-corrected chi connectivity index (χ0v) is 23.5. The molecule has 4 aromatic rings. The molecule has 0 amide bonds. The summed E-state index contributed by atoms with van der Waals surface area (Å²) in [5.41, 5.74) is 3.05. The second-order valence-electron chi connectivity index (χ2n) is 9.11. The zero-order valence-electron chi connectivity index (χ0n) is 21.9. The van der Waals surface area contributed by atoms with Gasteiger partial charge in [-0.2, -0.15) is 18.4 Å². The summed E-state index contributed by atoms with van der Waals surface area (Å²) in [7, 11) is 1.50. The van der Waals surface area contributed by atoms with Crippen LogP contribution in [0.15, 0.2) is 87.6 Å². The maximum absolute atomic E-state index is 13.3. The van der Waals surface area contributed by atoms with Gasteiger partial charge in [-0.25, -0.2) is 4.98 Å². The lowest BCUT2D eigenvalue weighted by molar-refractivity contribution is -0.141. The summed E-state index contributed by atoms with van der Waals surface area (Å²) in [5, 5.41) is 12.9. The van der Waals surface area contributed by atoms with Crippen LogP contribution >= 0.6 is 23.5 Å². The van der Waals surface area contributed by atoms with Gasteiger partial charge in [0.25, 0.3) is 0 Å². The van der Waals surface area contributed by atoms with Crippen molar-refractivity contribution >= 4 is 46.8 Å². The van der Waals surface area contributed by atoms with E-state index in [2.05, 4.69) is 10.3 Å². The van der Waals surface area contributed by atoms with Gasteiger partial charge in [0.2, 0.25) is 0 Å². The highest BCUT2D eigenvalue weighted by Gasteiger charge is 2.34. The first kappa shape index (κ1) is 28.3. The molecule has 10 heteroatoms. The molecule has 2 heterocycles. The number of fused-ring (bicyclic) bond motifs is 2. The summed E-state index contributed by atoms with van der Waals surface area (Å²) in [6, 6.07) is 21.7. The number of halogens is 3. The number of thioether (sulfide) groups is 1. The van der Waals surface area contributed by atoms with E-state index in [0.29, 0.717) is 22.4 Å². The molecule has 0 radical (unpaired) electrons. The molecule has 0 unspecified atom stereocenters. The summed E-state index contributed by atoms with van der Waals surface area (Å²) in [4.78, 5) is 18.9. The van der Waals surface area contributed by atoms with E-state index >= 15 is 0 Å². The second kappa shape index (κ2) is 11.7. The Kier molecular flexibility index (Phi) is 8.10. The number of para-hydroxylation sites is 1. The number of nitrogens with one attached hydrogen (secondary N) is 1. The van der Waals surface area contributed by atoms with Crippen LogP contribution < -0.4 is 10.1 Å². The minimum atomic E-state index is -4.62. The largest absolute Gasteiger partial charge is 0.496 e. The summed E-state index contributed by atoms with van der Waals surface area (Å²) >= 11 is 2.67. The highest BCUT2D eigenvalue weighted by molar-refractivity contribution is 7.99. The number of ether oxygens (including phenoxy) is 1. The van der Waals surface area contributed by atoms with Crippen molar-refractivity contribution in [2.45, 2.75) is 33.7 Å². The Morgan fingerprint density at radius 1 is 1.10 bits per heavy atom. The Hall–Kier alpha value is -4.20. The molecule has 41 heavy (non-hydrogen) atoms. The minimum Gasteiger partial charge on any atom is -0.496 e. The predicted molar refractivity (Wildman–Crippen MR) is 155 cm³/mol. The third kappa shape index (κ3) is 6.26. The Labute approximate surface area is 243 Å². The van der Waals surface area contributed by atoms with E-state index in [1.807, 2.05) is 42.5 Å². The number of alkyl halides is 3. The van der Waals surface area contributed by atoms with Gasteiger partial charge in [-0.15, -0.1) is 11.8 Å². The number of hydrogen-bond donors (Lipinski definition) is 1. The highest BCUT2D eigenvalue weighted by Crippen LogP contribution is 2.44. The number of allylic oxidation sites excluding steroid dienone is 1. The predicted octanol–water partition coefficient (Wildman–Crippen LogP) is 8.69. The average molecular weight is 590 g/mol. The van der Waals surface area contributed by atoms with Crippen LogP contribution in [0.1, 0.15) is 38.3 Å². The van der Waals surface area contributed by atoms with Crippen molar-refractivity contribution in [3.63, 3.8) is 0 Å². The van der Waals surface area contributed by atoms with Crippen molar-refractivity contribution in [2.75, 3.05) is 12.4 Å². The molecule has 1 aliphatic heterocycles. The number of carbonyl (C=O) groups is 1. The van der Waals surface area contributed by atoms with E-state index in [9.17, 15) is 23.2 Å². The van der Waals surface area contributed by atoms with Gasteiger partial charge in [-0.05, 0) is 72.7 Å². The van der Waals surface area contributed by atoms with Crippen LogP contribution in [0.3, 0.4) is 0 Å². The smallest absolute Gasteiger partial charge is 0.433 e. The van der Waals surface area contributed by atoms with Gasteiger partial charge in [-0.1, -0.05) is 36.0 Å². The fourth-order valence-electron chi connectivity index (χ4n) is 4.25. The van der Waals surface area contributed by atoms with Crippen molar-refractivity contribution in [3.05, 3.63) is 106 Å².